The summed E-state index contributed by atoms with van der Waals surface area (Å²) in [6.07, 6.45) is 6.71. The van der Waals surface area contributed by atoms with Gasteiger partial charge in [0.2, 0.25) is 5.91 Å². The predicted octanol–water partition coefficient (Wildman–Crippen LogP) is 2.70. The van der Waals surface area contributed by atoms with Gasteiger partial charge in [0.1, 0.15) is 5.75 Å². The van der Waals surface area contributed by atoms with Gasteiger partial charge in [-0.15, -0.1) is 0 Å². The second-order valence-electron chi connectivity index (χ2n) is 6.52. The molecule has 1 atom stereocenters. The molecule has 3 N–H and O–H groups in total. The minimum absolute atomic E-state index is 0.130. The largest absolute Gasteiger partial charge is 0.490 e. The molecule has 5 heteroatoms. The molecule has 1 aliphatic heterocycles. The Morgan fingerprint density at radius 2 is 1.96 bits per heavy atom. The summed E-state index contributed by atoms with van der Waals surface area (Å²) >= 11 is 0. The lowest BCUT2D eigenvalue weighted by Gasteiger charge is -2.26. The van der Waals surface area contributed by atoms with Crippen molar-refractivity contribution in [3.8, 4) is 5.75 Å². The standard InChI is InChI=1S/C18H26N2O3/c19-17(13-8-10-22-11-9-13)18(21)20-14-4-3-7-16(12-14)23-15-5-1-2-6-15/h3-4,7,12-13,15,17H,1-2,5-6,8-11,19H2,(H,20,21). The Labute approximate surface area is 137 Å². The van der Waals surface area contributed by atoms with Crippen molar-refractivity contribution in [2.45, 2.75) is 50.7 Å². The maximum Gasteiger partial charge on any atom is 0.241 e. The van der Waals surface area contributed by atoms with E-state index in [4.69, 9.17) is 15.2 Å². The Morgan fingerprint density at radius 3 is 2.70 bits per heavy atom. The summed E-state index contributed by atoms with van der Waals surface area (Å²) in [7, 11) is 0. The first kappa shape index (κ1) is 16.3. The van der Waals surface area contributed by atoms with Gasteiger partial charge >= 0.3 is 0 Å². The van der Waals surface area contributed by atoms with E-state index in [0.29, 0.717) is 19.3 Å². The minimum atomic E-state index is -0.488. The van der Waals surface area contributed by atoms with Gasteiger partial charge in [0.05, 0.1) is 12.1 Å². The summed E-state index contributed by atoms with van der Waals surface area (Å²) in [5, 5.41) is 2.92. The van der Waals surface area contributed by atoms with Crippen LogP contribution >= 0.6 is 0 Å². The van der Waals surface area contributed by atoms with Crippen LogP contribution in [0.5, 0.6) is 5.75 Å². The fourth-order valence-corrected chi connectivity index (χ4v) is 3.36. The van der Waals surface area contributed by atoms with Crippen molar-refractivity contribution >= 4 is 11.6 Å². The van der Waals surface area contributed by atoms with Gasteiger partial charge < -0.3 is 20.5 Å². The van der Waals surface area contributed by atoms with Crippen LogP contribution in [0.2, 0.25) is 0 Å². The lowest BCUT2D eigenvalue weighted by molar-refractivity contribution is -0.119. The number of anilines is 1. The zero-order valence-electron chi connectivity index (χ0n) is 13.5. The molecule has 1 saturated heterocycles. The zero-order chi connectivity index (χ0) is 16.1. The van der Waals surface area contributed by atoms with Gasteiger partial charge in [0.15, 0.2) is 0 Å². The molecular formula is C18H26N2O3. The van der Waals surface area contributed by atoms with Crippen LogP contribution in [-0.4, -0.2) is 31.3 Å². The highest BCUT2D eigenvalue weighted by Gasteiger charge is 2.26. The van der Waals surface area contributed by atoms with Crippen LogP contribution in [0.3, 0.4) is 0 Å². The third-order valence-corrected chi connectivity index (χ3v) is 4.78. The lowest BCUT2D eigenvalue weighted by atomic mass is 9.92. The summed E-state index contributed by atoms with van der Waals surface area (Å²) in [4.78, 5) is 12.3. The summed E-state index contributed by atoms with van der Waals surface area (Å²) in [5.74, 6) is 0.880. The van der Waals surface area contributed by atoms with Crippen molar-refractivity contribution in [2.75, 3.05) is 18.5 Å². The Bertz CT molecular complexity index is 523. The topological polar surface area (TPSA) is 73.6 Å². The summed E-state index contributed by atoms with van der Waals surface area (Å²) in [6.45, 7) is 1.38. The van der Waals surface area contributed by atoms with E-state index in [2.05, 4.69) is 5.32 Å². The van der Waals surface area contributed by atoms with Gasteiger partial charge in [-0.25, -0.2) is 0 Å². The second-order valence-corrected chi connectivity index (χ2v) is 6.52. The molecule has 2 aliphatic rings. The van der Waals surface area contributed by atoms with Crippen molar-refractivity contribution in [3.63, 3.8) is 0 Å². The number of nitrogens with two attached hydrogens (primary N) is 1. The molecule has 1 aliphatic carbocycles. The third-order valence-electron chi connectivity index (χ3n) is 4.78. The summed E-state index contributed by atoms with van der Waals surface area (Å²) in [5.41, 5.74) is 6.85. The highest BCUT2D eigenvalue weighted by atomic mass is 16.5. The molecule has 5 nitrogen and oxygen atoms in total. The predicted molar refractivity (Wildman–Crippen MR) is 89.5 cm³/mol. The van der Waals surface area contributed by atoms with Crippen molar-refractivity contribution in [3.05, 3.63) is 24.3 Å². The molecule has 1 saturated carbocycles. The Balaban J connectivity index is 1.56. The molecule has 126 valence electrons. The van der Waals surface area contributed by atoms with E-state index in [0.717, 1.165) is 37.1 Å². The smallest absolute Gasteiger partial charge is 0.241 e. The molecule has 2 fully saturated rings. The SMILES string of the molecule is NC(C(=O)Nc1cccc(OC2CCCC2)c1)C1CCOCC1. The van der Waals surface area contributed by atoms with E-state index in [1.807, 2.05) is 24.3 Å². The normalized spacial score (nSPS) is 21.1. The average molecular weight is 318 g/mol. The fourth-order valence-electron chi connectivity index (χ4n) is 3.36. The molecule has 23 heavy (non-hydrogen) atoms. The molecule has 1 heterocycles. The van der Waals surface area contributed by atoms with Crippen LogP contribution in [0.15, 0.2) is 24.3 Å². The van der Waals surface area contributed by atoms with Gasteiger partial charge in [-0.2, -0.15) is 0 Å². The Hall–Kier alpha value is -1.59. The fraction of sp³-hybridized carbons (Fsp3) is 0.611. The van der Waals surface area contributed by atoms with E-state index in [9.17, 15) is 4.79 Å². The first-order valence-electron chi connectivity index (χ1n) is 8.63. The molecule has 1 unspecified atom stereocenters. The quantitative estimate of drug-likeness (QED) is 0.875. The summed E-state index contributed by atoms with van der Waals surface area (Å²) < 4.78 is 11.3. The van der Waals surface area contributed by atoms with Gasteiger partial charge in [-0.3, -0.25) is 4.79 Å². The van der Waals surface area contributed by atoms with E-state index >= 15 is 0 Å². The van der Waals surface area contributed by atoms with E-state index in [-0.39, 0.29) is 11.8 Å². The highest BCUT2D eigenvalue weighted by Crippen LogP contribution is 2.26. The van der Waals surface area contributed by atoms with Crippen LogP contribution in [0.1, 0.15) is 38.5 Å². The van der Waals surface area contributed by atoms with Crippen LogP contribution in [-0.2, 0) is 9.53 Å². The number of nitrogens with one attached hydrogen (secondary N) is 1. The van der Waals surface area contributed by atoms with Gasteiger partial charge in [0.25, 0.3) is 0 Å². The number of hydrogen-bond acceptors (Lipinski definition) is 4. The van der Waals surface area contributed by atoms with E-state index in [1.54, 1.807) is 0 Å². The number of amides is 1. The molecule has 3 rings (SSSR count). The molecule has 1 aromatic carbocycles. The zero-order valence-corrected chi connectivity index (χ0v) is 13.5. The van der Waals surface area contributed by atoms with Crippen LogP contribution < -0.4 is 15.8 Å². The molecule has 1 aromatic rings. The number of rotatable bonds is 5. The minimum Gasteiger partial charge on any atom is -0.490 e. The van der Waals surface area contributed by atoms with Gasteiger partial charge in [-0.1, -0.05) is 6.07 Å². The van der Waals surface area contributed by atoms with E-state index in [1.165, 1.54) is 12.8 Å². The number of carbonyl (C=O) groups is 1. The van der Waals surface area contributed by atoms with Crippen molar-refractivity contribution in [2.24, 2.45) is 11.7 Å². The molecule has 0 radical (unpaired) electrons. The number of hydrogen-bond donors (Lipinski definition) is 2. The van der Waals surface area contributed by atoms with Crippen LogP contribution in [0, 0.1) is 5.92 Å². The van der Waals surface area contributed by atoms with Crippen molar-refractivity contribution in [1.29, 1.82) is 0 Å². The van der Waals surface area contributed by atoms with Gasteiger partial charge in [0, 0.05) is 25.0 Å². The lowest BCUT2D eigenvalue weighted by Crippen LogP contribution is -2.44. The van der Waals surface area contributed by atoms with Gasteiger partial charge in [-0.05, 0) is 56.6 Å². The molecule has 1 amide bonds. The molecule has 0 aromatic heterocycles. The van der Waals surface area contributed by atoms with E-state index < -0.39 is 6.04 Å². The maximum atomic E-state index is 12.3. The Kier molecular flexibility index (Phi) is 5.51. The Morgan fingerprint density at radius 1 is 1.22 bits per heavy atom. The van der Waals surface area contributed by atoms with Crippen LogP contribution in [0.4, 0.5) is 5.69 Å². The summed E-state index contributed by atoms with van der Waals surface area (Å²) in [6, 6.07) is 7.10. The highest BCUT2D eigenvalue weighted by molar-refractivity contribution is 5.95. The second kappa shape index (κ2) is 7.79. The monoisotopic (exact) mass is 318 g/mol. The molecule has 0 spiro atoms. The number of carbonyl (C=O) groups excluding carboxylic acids is 1. The average Bonchev–Trinajstić information content (AvgIpc) is 3.08. The number of benzene rings is 1. The van der Waals surface area contributed by atoms with Crippen LogP contribution in [0.25, 0.3) is 0 Å². The molecule has 0 bridgehead atoms. The van der Waals surface area contributed by atoms with Crippen molar-refractivity contribution in [1.82, 2.24) is 0 Å². The molecular weight excluding hydrogens is 292 g/mol. The maximum absolute atomic E-state index is 12.3. The first-order valence-corrected chi connectivity index (χ1v) is 8.63. The third kappa shape index (κ3) is 4.45. The number of ether oxygens (including phenoxy) is 2. The first-order chi connectivity index (χ1) is 11.2. The van der Waals surface area contributed by atoms with Crippen molar-refractivity contribution < 1.29 is 14.3 Å².